The monoisotopic (exact) mass is 292 g/mol. The quantitative estimate of drug-likeness (QED) is 0.448. The zero-order valence-electron chi connectivity index (χ0n) is 12.8. The molecule has 0 atom stereocenters. The third-order valence-corrected chi connectivity index (χ3v) is 2.99. The van der Waals surface area contributed by atoms with Crippen LogP contribution in [0.3, 0.4) is 0 Å². The average Bonchev–Trinajstić information content (AvgIpc) is 2.44. The van der Waals surface area contributed by atoms with Crippen LogP contribution in [0.2, 0.25) is 0 Å². The van der Waals surface area contributed by atoms with Crippen molar-refractivity contribution in [3.63, 3.8) is 0 Å². The standard InChI is InChI=1S/C15H24N4O2/c1-10(2)9-18-14(20)6-7-17-15(21)12-4-5-13(19-16)11(3)8-12/h4-5,8,10,19H,6-7,9,16H2,1-3H3,(H,17,21)(H,18,20). The van der Waals surface area contributed by atoms with Crippen molar-refractivity contribution in [1.29, 1.82) is 0 Å². The third kappa shape index (κ3) is 5.83. The lowest BCUT2D eigenvalue weighted by Crippen LogP contribution is -2.32. The van der Waals surface area contributed by atoms with Gasteiger partial charge < -0.3 is 16.1 Å². The van der Waals surface area contributed by atoms with E-state index in [1.807, 2.05) is 20.8 Å². The van der Waals surface area contributed by atoms with Gasteiger partial charge in [0.05, 0.1) is 5.69 Å². The predicted octanol–water partition coefficient (Wildman–Crippen LogP) is 1.17. The van der Waals surface area contributed by atoms with Gasteiger partial charge in [-0.1, -0.05) is 13.8 Å². The molecule has 0 saturated heterocycles. The number of nitrogen functional groups attached to an aromatic ring is 1. The van der Waals surface area contributed by atoms with Crippen LogP contribution in [0.4, 0.5) is 5.69 Å². The molecule has 1 aromatic rings. The number of hydrogen-bond acceptors (Lipinski definition) is 4. The zero-order chi connectivity index (χ0) is 15.8. The Kier molecular flexibility index (Phi) is 6.68. The molecule has 6 nitrogen and oxygen atoms in total. The summed E-state index contributed by atoms with van der Waals surface area (Å²) in [5, 5.41) is 5.54. The van der Waals surface area contributed by atoms with Crippen molar-refractivity contribution in [2.24, 2.45) is 11.8 Å². The van der Waals surface area contributed by atoms with Gasteiger partial charge in [0.25, 0.3) is 5.91 Å². The van der Waals surface area contributed by atoms with Crippen molar-refractivity contribution >= 4 is 17.5 Å². The van der Waals surface area contributed by atoms with Crippen LogP contribution in [0.15, 0.2) is 18.2 Å². The van der Waals surface area contributed by atoms with E-state index in [1.54, 1.807) is 18.2 Å². The minimum Gasteiger partial charge on any atom is -0.356 e. The van der Waals surface area contributed by atoms with Gasteiger partial charge in [-0.25, -0.2) is 0 Å². The highest BCUT2D eigenvalue weighted by Crippen LogP contribution is 2.14. The molecule has 0 saturated carbocycles. The van der Waals surface area contributed by atoms with Crippen LogP contribution in [0.1, 0.15) is 36.2 Å². The lowest BCUT2D eigenvalue weighted by molar-refractivity contribution is -0.121. The smallest absolute Gasteiger partial charge is 0.251 e. The van der Waals surface area contributed by atoms with E-state index in [-0.39, 0.29) is 18.2 Å². The molecule has 0 radical (unpaired) electrons. The summed E-state index contributed by atoms with van der Waals surface area (Å²) in [5.74, 6) is 5.51. The van der Waals surface area contributed by atoms with Crippen molar-refractivity contribution in [2.75, 3.05) is 18.5 Å². The van der Waals surface area contributed by atoms with E-state index in [2.05, 4.69) is 16.1 Å². The van der Waals surface area contributed by atoms with E-state index in [0.29, 0.717) is 24.6 Å². The Bertz CT molecular complexity index is 500. The maximum atomic E-state index is 11.9. The molecule has 1 aromatic carbocycles. The molecule has 0 bridgehead atoms. The van der Waals surface area contributed by atoms with E-state index >= 15 is 0 Å². The molecule has 0 aromatic heterocycles. The second kappa shape index (κ2) is 8.26. The number of nitrogens with one attached hydrogen (secondary N) is 3. The van der Waals surface area contributed by atoms with E-state index in [0.717, 1.165) is 11.3 Å². The van der Waals surface area contributed by atoms with Crippen LogP contribution in [0, 0.1) is 12.8 Å². The Labute approximate surface area is 125 Å². The van der Waals surface area contributed by atoms with E-state index in [1.165, 1.54) is 0 Å². The normalized spacial score (nSPS) is 10.3. The second-order valence-electron chi connectivity index (χ2n) is 5.38. The van der Waals surface area contributed by atoms with Gasteiger partial charge in [0.2, 0.25) is 5.91 Å². The number of carbonyl (C=O) groups excluding carboxylic acids is 2. The van der Waals surface area contributed by atoms with Gasteiger partial charge in [-0.3, -0.25) is 15.4 Å². The predicted molar refractivity (Wildman–Crippen MR) is 83.8 cm³/mol. The van der Waals surface area contributed by atoms with Gasteiger partial charge in [-0.15, -0.1) is 0 Å². The number of amides is 2. The summed E-state index contributed by atoms with van der Waals surface area (Å²) >= 11 is 0. The molecule has 1 rings (SSSR count). The zero-order valence-corrected chi connectivity index (χ0v) is 12.8. The first kappa shape index (κ1) is 17.0. The number of nitrogens with two attached hydrogens (primary N) is 1. The van der Waals surface area contributed by atoms with Crippen LogP contribution in [-0.4, -0.2) is 24.9 Å². The number of aryl methyl sites for hydroxylation is 1. The number of anilines is 1. The molecule has 6 heteroatoms. The van der Waals surface area contributed by atoms with Crippen molar-refractivity contribution in [3.8, 4) is 0 Å². The maximum Gasteiger partial charge on any atom is 0.251 e. The summed E-state index contributed by atoms with van der Waals surface area (Å²) in [6.07, 6.45) is 0.278. The molecule has 0 heterocycles. The SMILES string of the molecule is Cc1cc(C(=O)NCCC(=O)NCC(C)C)ccc1NN. The summed E-state index contributed by atoms with van der Waals surface area (Å²) in [6.45, 7) is 6.90. The second-order valence-corrected chi connectivity index (χ2v) is 5.38. The van der Waals surface area contributed by atoms with Gasteiger partial charge in [0.15, 0.2) is 0 Å². The highest BCUT2D eigenvalue weighted by molar-refractivity contribution is 5.95. The summed E-state index contributed by atoms with van der Waals surface area (Å²) in [6, 6.07) is 5.19. The number of benzene rings is 1. The van der Waals surface area contributed by atoms with Gasteiger partial charge in [0, 0.05) is 25.1 Å². The maximum absolute atomic E-state index is 11.9. The largest absolute Gasteiger partial charge is 0.356 e. The Morgan fingerprint density at radius 2 is 1.95 bits per heavy atom. The van der Waals surface area contributed by atoms with E-state index in [4.69, 9.17) is 5.84 Å². The topological polar surface area (TPSA) is 96.2 Å². The van der Waals surface area contributed by atoms with Gasteiger partial charge in [-0.2, -0.15) is 0 Å². The molecule has 0 aliphatic rings. The molecular weight excluding hydrogens is 268 g/mol. The molecule has 116 valence electrons. The van der Waals surface area contributed by atoms with Gasteiger partial charge in [-0.05, 0) is 36.6 Å². The molecule has 0 unspecified atom stereocenters. The lowest BCUT2D eigenvalue weighted by Gasteiger charge is -2.10. The highest BCUT2D eigenvalue weighted by atomic mass is 16.2. The van der Waals surface area contributed by atoms with Crippen LogP contribution in [-0.2, 0) is 4.79 Å². The minimum absolute atomic E-state index is 0.0529. The fourth-order valence-corrected chi connectivity index (χ4v) is 1.76. The van der Waals surface area contributed by atoms with Crippen LogP contribution in [0.5, 0.6) is 0 Å². The van der Waals surface area contributed by atoms with Crippen LogP contribution >= 0.6 is 0 Å². The van der Waals surface area contributed by atoms with Crippen molar-refractivity contribution in [1.82, 2.24) is 10.6 Å². The molecule has 0 aliphatic heterocycles. The summed E-state index contributed by atoms with van der Waals surface area (Å²) in [4.78, 5) is 23.5. The Balaban J connectivity index is 2.40. The van der Waals surface area contributed by atoms with Gasteiger partial charge >= 0.3 is 0 Å². The molecule has 0 fully saturated rings. The number of hydrazine groups is 1. The molecule has 0 aliphatic carbocycles. The van der Waals surface area contributed by atoms with Crippen molar-refractivity contribution in [2.45, 2.75) is 27.2 Å². The van der Waals surface area contributed by atoms with Crippen molar-refractivity contribution < 1.29 is 9.59 Å². The fourth-order valence-electron chi connectivity index (χ4n) is 1.76. The number of hydrogen-bond donors (Lipinski definition) is 4. The Morgan fingerprint density at radius 1 is 1.24 bits per heavy atom. The average molecular weight is 292 g/mol. The van der Waals surface area contributed by atoms with Crippen LogP contribution < -0.4 is 21.9 Å². The Hall–Kier alpha value is -2.08. The summed E-state index contributed by atoms with van der Waals surface area (Å²) < 4.78 is 0. The Morgan fingerprint density at radius 3 is 2.52 bits per heavy atom. The van der Waals surface area contributed by atoms with Crippen molar-refractivity contribution in [3.05, 3.63) is 29.3 Å². The minimum atomic E-state index is -0.196. The fraction of sp³-hybridized carbons (Fsp3) is 0.467. The molecule has 0 spiro atoms. The summed E-state index contributed by atoms with van der Waals surface area (Å²) in [7, 11) is 0. The molecule has 21 heavy (non-hydrogen) atoms. The number of rotatable bonds is 7. The highest BCUT2D eigenvalue weighted by Gasteiger charge is 2.08. The first-order valence-electron chi connectivity index (χ1n) is 7.06. The molecular formula is C15H24N4O2. The third-order valence-electron chi connectivity index (χ3n) is 2.99. The lowest BCUT2D eigenvalue weighted by atomic mass is 10.1. The first-order valence-corrected chi connectivity index (χ1v) is 7.06. The summed E-state index contributed by atoms with van der Waals surface area (Å²) in [5.41, 5.74) is 4.77. The number of carbonyl (C=O) groups is 2. The van der Waals surface area contributed by atoms with Gasteiger partial charge in [0.1, 0.15) is 0 Å². The first-order chi connectivity index (χ1) is 9.93. The van der Waals surface area contributed by atoms with E-state index in [9.17, 15) is 9.59 Å². The molecule has 5 N–H and O–H groups in total. The van der Waals surface area contributed by atoms with E-state index < -0.39 is 0 Å². The van der Waals surface area contributed by atoms with Crippen LogP contribution in [0.25, 0.3) is 0 Å². The molecule has 2 amide bonds.